The van der Waals surface area contributed by atoms with Crippen molar-refractivity contribution < 1.29 is 0 Å². The van der Waals surface area contributed by atoms with Gasteiger partial charge in [-0.2, -0.15) is 0 Å². The summed E-state index contributed by atoms with van der Waals surface area (Å²) in [6.45, 7) is 0. The molecule has 0 heterocycles. The Bertz CT molecular complexity index is 382. The summed E-state index contributed by atoms with van der Waals surface area (Å²) in [6, 6.07) is 21.2. The first-order chi connectivity index (χ1) is 7.79. The maximum Gasteiger partial charge on any atom is 0.00883 e. The zero-order valence-electron chi connectivity index (χ0n) is 9.08. The van der Waals surface area contributed by atoms with Crippen molar-refractivity contribution in [2.24, 2.45) is 0 Å². The molecular weight excluding hydrogens is 230 g/mol. The summed E-state index contributed by atoms with van der Waals surface area (Å²) in [5.74, 6) is 0. The van der Waals surface area contributed by atoms with Crippen molar-refractivity contribution in [1.82, 2.24) is 0 Å². The molecule has 2 aromatic carbocycles. The van der Waals surface area contributed by atoms with Crippen LogP contribution in [0.1, 0.15) is 22.4 Å². The molecule has 0 bridgehead atoms. The lowest BCUT2D eigenvalue weighted by atomic mass is 10.0. The minimum atomic E-state index is 0.439. The van der Waals surface area contributed by atoms with Gasteiger partial charge in [-0.3, -0.25) is 0 Å². The van der Waals surface area contributed by atoms with Crippen LogP contribution >= 0.6 is 18.5 Å². The molecule has 2 rings (SSSR count). The van der Waals surface area contributed by atoms with Crippen molar-refractivity contribution in [2.75, 3.05) is 0 Å². The third-order valence-corrected chi connectivity index (χ3v) is 4.80. The summed E-state index contributed by atoms with van der Waals surface area (Å²) >= 11 is 0. The molecule has 0 N–H and O–H groups in total. The quantitative estimate of drug-likeness (QED) is 0.711. The van der Waals surface area contributed by atoms with Crippen molar-refractivity contribution >= 4 is 18.5 Å². The second kappa shape index (κ2) is 5.58. The summed E-state index contributed by atoms with van der Waals surface area (Å²) < 4.78 is 0. The standard InChI is InChI=1S/C14H16P2/c15-13(11-7-3-1-4-8-11)14(16)12-9-5-2-6-10-12/h1-10,13-14H,15-16H2. The molecule has 0 spiro atoms. The Morgan fingerprint density at radius 1 is 0.562 bits per heavy atom. The highest BCUT2D eigenvalue weighted by Crippen LogP contribution is 2.42. The van der Waals surface area contributed by atoms with Crippen molar-refractivity contribution in [3.05, 3.63) is 71.8 Å². The largest absolute Gasteiger partial charge is 0.129 e. The lowest BCUT2D eigenvalue weighted by molar-refractivity contribution is 0.908. The molecule has 0 saturated heterocycles. The summed E-state index contributed by atoms with van der Waals surface area (Å²) in [7, 11) is 5.88. The Kier molecular flexibility index (Phi) is 4.10. The molecule has 2 aromatic rings. The van der Waals surface area contributed by atoms with Gasteiger partial charge in [0.2, 0.25) is 0 Å². The van der Waals surface area contributed by atoms with E-state index in [1.807, 2.05) is 0 Å². The highest BCUT2D eigenvalue weighted by molar-refractivity contribution is 7.22. The van der Waals surface area contributed by atoms with Crippen LogP contribution in [-0.2, 0) is 0 Å². The Morgan fingerprint density at radius 2 is 0.875 bits per heavy atom. The Morgan fingerprint density at radius 3 is 1.19 bits per heavy atom. The molecule has 2 heteroatoms. The van der Waals surface area contributed by atoms with Crippen LogP contribution < -0.4 is 0 Å². The third kappa shape index (κ3) is 2.70. The molecule has 0 radical (unpaired) electrons. The monoisotopic (exact) mass is 246 g/mol. The number of hydrogen-bond donors (Lipinski definition) is 0. The number of hydrogen-bond acceptors (Lipinski definition) is 0. The van der Waals surface area contributed by atoms with Gasteiger partial charge in [-0.05, 0) is 11.1 Å². The molecule has 82 valence electrons. The Hall–Kier alpha value is -0.700. The average molecular weight is 246 g/mol. The van der Waals surface area contributed by atoms with Gasteiger partial charge < -0.3 is 0 Å². The van der Waals surface area contributed by atoms with Gasteiger partial charge in [0, 0.05) is 11.3 Å². The Labute approximate surface area is 102 Å². The predicted molar refractivity (Wildman–Crippen MR) is 77.8 cm³/mol. The maximum atomic E-state index is 2.94. The second-order valence-electron chi connectivity index (χ2n) is 3.87. The summed E-state index contributed by atoms with van der Waals surface area (Å²) in [5.41, 5.74) is 3.59. The van der Waals surface area contributed by atoms with E-state index in [-0.39, 0.29) is 0 Å². The van der Waals surface area contributed by atoms with Gasteiger partial charge in [-0.15, -0.1) is 18.5 Å². The fourth-order valence-corrected chi connectivity index (χ4v) is 2.65. The number of benzene rings is 2. The van der Waals surface area contributed by atoms with E-state index in [1.165, 1.54) is 11.1 Å². The zero-order valence-corrected chi connectivity index (χ0v) is 11.4. The summed E-state index contributed by atoms with van der Waals surface area (Å²) in [5, 5.41) is 0. The molecule has 0 nitrogen and oxygen atoms in total. The molecule has 0 amide bonds. The van der Waals surface area contributed by atoms with Crippen molar-refractivity contribution in [1.29, 1.82) is 0 Å². The average Bonchev–Trinajstić information content (AvgIpc) is 2.39. The molecule has 4 unspecified atom stereocenters. The molecule has 16 heavy (non-hydrogen) atoms. The van der Waals surface area contributed by atoms with Gasteiger partial charge in [-0.25, -0.2) is 0 Å². The lowest BCUT2D eigenvalue weighted by Gasteiger charge is -2.20. The minimum Gasteiger partial charge on any atom is -0.129 e. The van der Waals surface area contributed by atoms with Crippen LogP contribution in [0, 0.1) is 0 Å². The third-order valence-electron chi connectivity index (χ3n) is 2.76. The van der Waals surface area contributed by atoms with Crippen molar-refractivity contribution in [2.45, 2.75) is 11.3 Å². The molecule has 0 aliphatic heterocycles. The van der Waals surface area contributed by atoms with E-state index in [0.717, 1.165) is 0 Å². The molecule has 0 aromatic heterocycles. The molecule has 4 atom stereocenters. The Balaban J connectivity index is 2.20. The van der Waals surface area contributed by atoms with E-state index < -0.39 is 0 Å². The molecule has 0 saturated carbocycles. The van der Waals surface area contributed by atoms with Gasteiger partial charge in [0.25, 0.3) is 0 Å². The van der Waals surface area contributed by atoms with Gasteiger partial charge in [0.1, 0.15) is 0 Å². The van der Waals surface area contributed by atoms with Crippen LogP contribution in [0.15, 0.2) is 60.7 Å². The van der Waals surface area contributed by atoms with Crippen LogP contribution in [-0.4, -0.2) is 0 Å². The van der Waals surface area contributed by atoms with E-state index >= 15 is 0 Å². The molecular formula is C14H16P2. The van der Waals surface area contributed by atoms with E-state index in [1.54, 1.807) is 0 Å². The number of rotatable bonds is 3. The van der Waals surface area contributed by atoms with Crippen LogP contribution in [0.4, 0.5) is 0 Å². The van der Waals surface area contributed by atoms with E-state index in [9.17, 15) is 0 Å². The van der Waals surface area contributed by atoms with Gasteiger partial charge in [0.15, 0.2) is 0 Å². The highest BCUT2D eigenvalue weighted by atomic mass is 31.0. The van der Waals surface area contributed by atoms with Gasteiger partial charge in [-0.1, -0.05) is 60.7 Å². The van der Waals surface area contributed by atoms with E-state index in [2.05, 4.69) is 79.1 Å². The first-order valence-electron chi connectivity index (χ1n) is 5.40. The normalized spacial score (nSPS) is 14.4. The highest BCUT2D eigenvalue weighted by Gasteiger charge is 2.15. The first-order valence-corrected chi connectivity index (χ1v) is 6.73. The molecule has 0 fully saturated rings. The fourth-order valence-electron chi connectivity index (χ4n) is 1.77. The fraction of sp³-hybridized carbons (Fsp3) is 0.143. The van der Waals surface area contributed by atoms with Crippen LogP contribution in [0.2, 0.25) is 0 Å². The lowest BCUT2D eigenvalue weighted by Crippen LogP contribution is -1.98. The van der Waals surface area contributed by atoms with Crippen LogP contribution in [0.3, 0.4) is 0 Å². The maximum absolute atomic E-state index is 2.94. The van der Waals surface area contributed by atoms with Crippen LogP contribution in [0.5, 0.6) is 0 Å². The van der Waals surface area contributed by atoms with Gasteiger partial charge in [0.05, 0.1) is 0 Å². The molecule has 0 aliphatic carbocycles. The van der Waals surface area contributed by atoms with E-state index in [0.29, 0.717) is 11.3 Å². The minimum absolute atomic E-state index is 0.439. The first kappa shape index (κ1) is 11.8. The van der Waals surface area contributed by atoms with Gasteiger partial charge >= 0.3 is 0 Å². The van der Waals surface area contributed by atoms with E-state index in [4.69, 9.17) is 0 Å². The smallest absolute Gasteiger partial charge is 0.00883 e. The summed E-state index contributed by atoms with van der Waals surface area (Å²) in [4.78, 5) is 0. The van der Waals surface area contributed by atoms with Crippen molar-refractivity contribution in [3.63, 3.8) is 0 Å². The second-order valence-corrected chi connectivity index (χ2v) is 5.31. The SMILES string of the molecule is PC(c1ccccc1)C(P)c1ccccc1. The summed E-state index contributed by atoms with van der Waals surface area (Å²) in [6.07, 6.45) is 0. The van der Waals surface area contributed by atoms with Crippen LogP contribution in [0.25, 0.3) is 0 Å². The predicted octanol–water partition coefficient (Wildman–Crippen LogP) is 4.22. The topological polar surface area (TPSA) is 0 Å². The molecule has 0 aliphatic rings. The van der Waals surface area contributed by atoms with Crippen molar-refractivity contribution in [3.8, 4) is 0 Å². The zero-order chi connectivity index (χ0) is 11.4.